The van der Waals surface area contributed by atoms with E-state index in [4.69, 9.17) is 14.7 Å². The number of hydrogen-bond acceptors (Lipinski definition) is 3. The standard InChI is InChI=1S/C32H30N4O/c33-21-23-9-11-26(12-10-23)32-28(25-6-2-1-3-7-25)20-29-30(35-32)13-14-34-31(29)27-8-4-5-24(19-27)22-36-15-17-37-18-16-36/h1-14,19-20H,15-18,21-22,33H2/p+2. The molecule has 3 aromatic carbocycles. The molecule has 0 saturated carbocycles. The van der Waals surface area contributed by atoms with Gasteiger partial charge in [0.1, 0.15) is 19.6 Å². The van der Waals surface area contributed by atoms with Gasteiger partial charge in [-0.15, -0.1) is 0 Å². The Morgan fingerprint density at radius 2 is 1.51 bits per heavy atom. The fraction of sp³-hybridized carbons (Fsp3) is 0.188. The SMILES string of the molecule is [NH3+]Cc1ccc(-c2nc3ccnc(-c4cccc(C[NH+]5CCOCC5)c4)c3cc2-c2ccccc2)cc1. The lowest BCUT2D eigenvalue weighted by atomic mass is 9.95. The number of quaternary nitrogens is 2. The highest BCUT2D eigenvalue weighted by atomic mass is 16.5. The second-order valence-corrected chi connectivity index (χ2v) is 9.66. The maximum Gasteiger partial charge on any atom is 0.103 e. The molecule has 5 nitrogen and oxygen atoms in total. The van der Waals surface area contributed by atoms with Crippen molar-refractivity contribution < 1.29 is 15.4 Å². The highest BCUT2D eigenvalue weighted by molar-refractivity contribution is 5.98. The van der Waals surface area contributed by atoms with Crippen LogP contribution in [-0.4, -0.2) is 36.3 Å². The average Bonchev–Trinajstić information content (AvgIpc) is 2.97. The Bertz CT molecular complexity index is 1510. The Kier molecular flexibility index (Phi) is 6.74. The van der Waals surface area contributed by atoms with Crippen molar-refractivity contribution in [1.82, 2.24) is 9.97 Å². The highest BCUT2D eigenvalue weighted by Gasteiger charge is 2.17. The first kappa shape index (κ1) is 23.5. The molecule has 0 aliphatic carbocycles. The van der Waals surface area contributed by atoms with Crippen molar-refractivity contribution in [2.24, 2.45) is 0 Å². The smallest absolute Gasteiger partial charge is 0.103 e. The molecule has 0 bridgehead atoms. The topological polar surface area (TPSA) is 67.1 Å². The summed E-state index contributed by atoms with van der Waals surface area (Å²) in [7, 11) is 0. The number of nitrogens with zero attached hydrogens (tertiary/aromatic N) is 2. The Labute approximate surface area is 217 Å². The van der Waals surface area contributed by atoms with Gasteiger partial charge in [0, 0.05) is 39.4 Å². The first-order chi connectivity index (χ1) is 18.3. The quantitative estimate of drug-likeness (QED) is 0.382. The average molecular weight is 489 g/mol. The summed E-state index contributed by atoms with van der Waals surface area (Å²) in [6, 6.07) is 32.2. The molecule has 1 aliphatic rings. The minimum Gasteiger partial charge on any atom is -0.370 e. The van der Waals surface area contributed by atoms with Gasteiger partial charge < -0.3 is 15.4 Å². The summed E-state index contributed by atoms with van der Waals surface area (Å²) >= 11 is 0. The van der Waals surface area contributed by atoms with Gasteiger partial charge in [-0.05, 0) is 23.8 Å². The van der Waals surface area contributed by atoms with E-state index in [2.05, 4.69) is 90.7 Å². The number of fused-ring (bicyclic) bond motifs is 1. The number of rotatable bonds is 6. The van der Waals surface area contributed by atoms with E-state index >= 15 is 0 Å². The van der Waals surface area contributed by atoms with Gasteiger partial charge in [0.05, 0.1) is 36.7 Å². The minimum atomic E-state index is 0.776. The zero-order valence-electron chi connectivity index (χ0n) is 21.0. The molecular weight excluding hydrogens is 456 g/mol. The molecule has 0 radical (unpaired) electrons. The Hall–Kier alpha value is -3.90. The lowest BCUT2D eigenvalue weighted by Gasteiger charge is -2.23. The summed E-state index contributed by atoms with van der Waals surface area (Å²) in [5, 5.41) is 1.07. The van der Waals surface area contributed by atoms with Crippen LogP contribution in [0.25, 0.3) is 44.5 Å². The van der Waals surface area contributed by atoms with Gasteiger partial charge in [-0.3, -0.25) is 4.98 Å². The molecule has 5 heteroatoms. The largest absolute Gasteiger partial charge is 0.370 e. The first-order valence-corrected chi connectivity index (χ1v) is 13.0. The number of nitrogens with one attached hydrogen (secondary N) is 1. The predicted octanol–water partition coefficient (Wildman–Crippen LogP) is 3.79. The number of pyridine rings is 2. The Morgan fingerprint density at radius 1 is 0.730 bits per heavy atom. The summed E-state index contributed by atoms with van der Waals surface area (Å²) in [4.78, 5) is 11.6. The van der Waals surface area contributed by atoms with Crippen LogP contribution in [0.3, 0.4) is 0 Å². The molecule has 5 aromatic rings. The third kappa shape index (κ3) is 5.02. The van der Waals surface area contributed by atoms with Gasteiger partial charge >= 0.3 is 0 Å². The molecule has 6 rings (SSSR count). The molecular formula is C32H32N4O+2. The van der Waals surface area contributed by atoms with Crippen molar-refractivity contribution in [3.8, 4) is 33.6 Å². The summed E-state index contributed by atoms with van der Waals surface area (Å²) in [6.07, 6.45) is 1.88. The minimum absolute atomic E-state index is 0.776. The zero-order chi connectivity index (χ0) is 25.0. The number of ether oxygens (including phenoxy) is 1. The maximum absolute atomic E-state index is 5.54. The molecule has 1 saturated heterocycles. The van der Waals surface area contributed by atoms with E-state index in [1.54, 1.807) is 4.90 Å². The van der Waals surface area contributed by atoms with Gasteiger partial charge in [-0.25, -0.2) is 4.98 Å². The van der Waals surface area contributed by atoms with Crippen LogP contribution in [0, 0.1) is 0 Å². The highest BCUT2D eigenvalue weighted by Crippen LogP contribution is 2.36. The van der Waals surface area contributed by atoms with E-state index in [1.807, 2.05) is 12.3 Å². The Balaban J connectivity index is 1.47. The molecule has 0 spiro atoms. The molecule has 0 atom stereocenters. The van der Waals surface area contributed by atoms with Crippen LogP contribution >= 0.6 is 0 Å². The molecule has 184 valence electrons. The molecule has 1 fully saturated rings. The second-order valence-electron chi connectivity index (χ2n) is 9.66. The van der Waals surface area contributed by atoms with Crippen LogP contribution in [0.15, 0.2) is 97.2 Å². The van der Waals surface area contributed by atoms with Gasteiger partial charge in [-0.1, -0.05) is 72.8 Å². The van der Waals surface area contributed by atoms with Crippen molar-refractivity contribution in [1.29, 1.82) is 0 Å². The summed E-state index contributed by atoms with van der Waals surface area (Å²) in [6.45, 7) is 5.57. The number of aromatic nitrogens is 2. The van der Waals surface area contributed by atoms with Gasteiger partial charge in [0.2, 0.25) is 0 Å². The third-order valence-corrected chi connectivity index (χ3v) is 7.20. The van der Waals surface area contributed by atoms with Gasteiger partial charge in [-0.2, -0.15) is 0 Å². The van der Waals surface area contributed by atoms with Crippen LogP contribution in [0.5, 0.6) is 0 Å². The maximum atomic E-state index is 5.54. The van der Waals surface area contributed by atoms with Crippen molar-refractivity contribution in [2.45, 2.75) is 13.1 Å². The zero-order valence-corrected chi connectivity index (χ0v) is 21.0. The molecule has 2 aromatic heterocycles. The fourth-order valence-corrected chi connectivity index (χ4v) is 5.17. The van der Waals surface area contributed by atoms with E-state index in [-0.39, 0.29) is 0 Å². The third-order valence-electron chi connectivity index (χ3n) is 7.20. The van der Waals surface area contributed by atoms with Crippen molar-refractivity contribution in [3.05, 3.63) is 108 Å². The normalized spacial score (nSPS) is 14.2. The number of benzene rings is 3. The monoisotopic (exact) mass is 488 g/mol. The van der Waals surface area contributed by atoms with Gasteiger partial charge in [0.15, 0.2) is 0 Å². The number of morpholine rings is 1. The van der Waals surface area contributed by atoms with Crippen LogP contribution in [-0.2, 0) is 17.8 Å². The van der Waals surface area contributed by atoms with E-state index < -0.39 is 0 Å². The lowest BCUT2D eigenvalue weighted by Crippen LogP contribution is -3.12. The van der Waals surface area contributed by atoms with Crippen LogP contribution in [0.2, 0.25) is 0 Å². The summed E-state index contributed by atoms with van der Waals surface area (Å²) < 4.78 is 5.54. The van der Waals surface area contributed by atoms with E-state index in [0.29, 0.717) is 0 Å². The molecule has 37 heavy (non-hydrogen) atoms. The van der Waals surface area contributed by atoms with Crippen molar-refractivity contribution in [3.63, 3.8) is 0 Å². The first-order valence-electron chi connectivity index (χ1n) is 13.0. The molecule has 4 N–H and O–H groups in total. The Morgan fingerprint density at radius 3 is 2.30 bits per heavy atom. The van der Waals surface area contributed by atoms with E-state index in [9.17, 15) is 0 Å². The lowest BCUT2D eigenvalue weighted by molar-refractivity contribution is -0.921. The van der Waals surface area contributed by atoms with Crippen LogP contribution < -0.4 is 10.6 Å². The summed E-state index contributed by atoms with van der Waals surface area (Å²) in [5.41, 5.74) is 13.9. The predicted molar refractivity (Wildman–Crippen MR) is 148 cm³/mol. The van der Waals surface area contributed by atoms with Gasteiger partial charge in [0.25, 0.3) is 0 Å². The van der Waals surface area contributed by atoms with Crippen molar-refractivity contribution in [2.75, 3.05) is 26.3 Å². The second kappa shape index (κ2) is 10.6. The number of hydrogen-bond donors (Lipinski definition) is 2. The molecule has 3 heterocycles. The molecule has 1 aliphatic heterocycles. The van der Waals surface area contributed by atoms with Crippen LogP contribution in [0.1, 0.15) is 11.1 Å². The van der Waals surface area contributed by atoms with E-state index in [0.717, 1.165) is 83.9 Å². The van der Waals surface area contributed by atoms with Crippen molar-refractivity contribution >= 4 is 10.9 Å². The van der Waals surface area contributed by atoms with Crippen LogP contribution in [0.4, 0.5) is 0 Å². The fourth-order valence-electron chi connectivity index (χ4n) is 5.17. The van der Waals surface area contributed by atoms with E-state index in [1.165, 1.54) is 11.1 Å². The summed E-state index contributed by atoms with van der Waals surface area (Å²) in [5.74, 6) is 0. The molecule has 0 unspecified atom stereocenters. The molecule has 0 amide bonds.